The van der Waals surface area contributed by atoms with Crippen molar-refractivity contribution in [3.05, 3.63) is 16.5 Å². The molecule has 2 rings (SSSR count). The average molecular weight is 408 g/mol. The number of nitrogens with one attached hydrogen (secondary N) is 1. The van der Waals surface area contributed by atoms with Gasteiger partial charge in [0.15, 0.2) is 0 Å². The van der Waals surface area contributed by atoms with E-state index in [9.17, 15) is 18.0 Å². The van der Waals surface area contributed by atoms with Crippen LogP contribution in [0.1, 0.15) is 20.8 Å². The molecule has 1 aromatic heterocycles. The molecule has 1 N–H and O–H groups in total. The van der Waals surface area contributed by atoms with Crippen molar-refractivity contribution in [1.29, 1.82) is 0 Å². The number of rotatable bonds is 5. The summed E-state index contributed by atoms with van der Waals surface area (Å²) in [4.78, 5) is 25.5. The number of amides is 2. The van der Waals surface area contributed by atoms with Crippen LogP contribution in [0.3, 0.4) is 0 Å². The van der Waals surface area contributed by atoms with Crippen LogP contribution in [-0.2, 0) is 19.6 Å². The Kier molecular flexibility index (Phi) is 6.47. The fraction of sp³-hybridized carbons (Fsp3) is 0.600. The number of nitrogens with zero attached hydrogens (tertiary/aromatic N) is 2. The quantitative estimate of drug-likeness (QED) is 0.799. The lowest BCUT2D eigenvalue weighted by molar-refractivity contribution is -0.138. The Hall–Kier alpha value is -1.16. The van der Waals surface area contributed by atoms with E-state index in [4.69, 9.17) is 11.6 Å². The highest BCUT2D eigenvalue weighted by Crippen LogP contribution is 2.28. The van der Waals surface area contributed by atoms with E-state index in [1.54, 1.807) is 11.0 Å². The van der Waals surface area contributed by atoms with Gasteiger partial charge < -0.3 is 10.2 Å². The number of carbonyl (C=O) groups is 2. The summed E-state index contributed by atoms with van der Waals surface area (Å²) in [6.45, 7) is 6.11. The van der Waals surface area contributed by atoms with Crippen molar-refractivity contribution < 1.29 is 18.0 Å². The summed E-state index contributed by atoms with van der Waals surface area (Å²) in [5, 5.41) is 2.67. The monoisotopic (exact) mass is 407 g/mol. The van der Waals surface area contributed by atoms with Crippen molar-refractivity contribution in [2.24, 2.45) is 5.92 Å². The summed E-state index contributed by atoms with van der Waals surface area (Å²) < 4.78 is 27.1. The second-order valence-electron chi connectivity index (χ2n) is 6.21. The minimum absolute atomic E-state index is 0.0496. The van der Waals surface area contributed by atoms with Gasteiger partial charge in [-0.1, -0.05) is 25.4 Å². The van der Waals surface area contributed by atoms with Crippen molar-refractivity contribution in [3.63, 3.8) is 0 Å². The van der Waals surface area contributed by atoms with Gasteiger partial charge in [0.25, 0.3) is 10.0 Å². The lowest BCUT2D eigenvalue weighted by Crippen LogP contribution is -2.56. The SMILES string of the molecule is CC(=O)N[C@@H](C(=O)N1CCN(S(=O)(=O)c2ccc(Cl)s2)CC1)C(C)C. The number of piperazine rings is 1. The topological polar surface area (TPSA) is 86.8 Å². The molecular weight excluding hydrogens is 386 g/mol. The van der Waals surface area contributed by atoms with Gasteiger partial charge in [-0.25, -0.2) is 8.42 Å². The highest BCUT2D eigenvalue weighted by Gasteiger charge is 2.34. The third-order valence-corrected chi connectivity index (χ3v) is 7.58. The minimum Gasteiger partial charge on any atom is -0.344 e. The van der Waals surface area contributed by atoms with Gasteiger partial charge in [-0.3, -0.25) is 9.59 Å². The van der Waals surface area contributed by atoms with Gasteiger partial charge in [0.1, 0.15) is 10.3 Å². The zero-order valence-electron chi connectivity index (χ0n) is 14.4. The molecule has 0 aromatic carbocycles. The van der Waals surface area contributed by atoms with Gasteiger partial charge in [-0.05, 0) is 18.1 Å². The number of sulfonamides is 1. The second kappa shape index (κ2) is 8.03. The largest absolute Gasteiger partial charge is 0.344 e. The summed E-state index contributed by atoms with van der Waals surface area (Å²) in [7, 11) is -3.59. The maximum Gasteiger partial charge on any atom is 0.252 e. The van der Waals surface area contributed by atoms with Gasteiger partial charge in [0.05, 0.1) is 4.34 Å². The van der Waals surface area contributed by atoms with Gasteiger partial charge in [-0.15, -0.1) is 11.3 Å². The number of hydrogen-bond acceptors (Lipinski definition) is 5. The van der Waals surface area contributed by atoms with Crippen LogP contribution in [0, 0.1) is 5.92 Å². The lowest BCUT2D eigenvalue weighted by atomic mass is 10.0. The Morgan fingerprint density at radius 2 is 1.80 bits per heavy atom. The van der Waals surface area contributed by atoms with E-state index in [2.05, 4.69) is 5.32 Å². The number of thiophene rings is 1. The highest BCUT2D eigenvalue weighted by atomic mass is 35.5. The predicted molar refractivity (Wildman–Crippen MR) is 97.1 cm³/mol. The van der Waals surface area contributed by atoms with E-state index < -0.39 is 16.1 Å². The highest BCUT2D eigenvalue weighted by molar-refractivity contribution is 7.91. The summed E-state index contributed by atoms with van der Waals surface area (Å²) >= 11 is 6.84. The third-order valence-electron chi connectivity index (χ3n) is 3.98. The maximum atomic E-state index is 12.6. The Balaban J connectivity index is 2.03. The molecule has 0 bridgehead atoms. The van der Waals surface area contributed by atoms with Crippen LogP contribution in [0.15, 0.2) is 16.3 Å². The molecule has 10 heteroatoms. The van der Waals surface area contributed by atoms with Gasteiger partial charge in [-0.2, -0.15) is 4.31 Å². The van der Waals surface area contributed by atoms with E-state index in [-0.39, 0.29) is 35.0 Å². The summed E-state index contributed by atoms with van der Waals surface area (Å²) in [6.07, 6.45) is 0. The first kappa shape index (κ1) is 20.2. The molecule has 140 valence electrons. The van der Waals surface area contributed by atoms with Crippen LogP contribution >= 0.6 is 22.9 Å². The van der Waals surface area contributed by atoms with Crippen LogP contribution in [-0.4, -0.2) is 61.7 Å². The van der Waals surface area contributed by atoms with E-state index in [1.165, 1.54) is 17.3 Å². The molecule has 1 fully saturated rings. The Labute approximate surface area is 157 Å². The van der Waals surface area contributed by atoms with Crippen molar-refractivity contribution in [2.75, 3.05) is 26.2 Å². The first-order chi connectivity index (χ1) is 11.6. The molecule has 7 nitrogen and oxygen atoms in total. The van der Waals surface area contributed by atoms with E-state index in [0.717, 1.165) is 11.3 Å². The summed E-state index contributed by atoms with van der Waals surface area (Å²) in [5.74, 6) is -0.490. The van der Waals surface area contributed by atoms with Gasteiger partial charge in [0.2, 0.25) is 11.8 Å². The van der Waals surface area contributed by atoms with Crippen LogP contribution in [0.25, 0.3) is 0 Å². The molecule has 2 amide bonds. The maximum absolute atomic E-state index is 12.6. The normalized spacial score (nSPS) is 17.6. The smallest absolute Gasteiger partial charge is 0.252 e. The third kappa shape index (κ3) is 4.72. The van der Waals surface area contributed by atoms with Gasteiger partial charge in [0, 0.05) is 33.1 Å². The second-order valence-corrected chi connectivity index (χ2v) is 10.1. The molecule has 0 aliphatic carbocycles. The fourth-order valence-electron chi connectivity index (χ4n) is 2.64. The van der Waals surface area contributed by atoms with Crippen LogP contribution < -0.4 is 5.32 Å². The number of carbonyl (C=O) groups excluding carboxylic acids is 2. The average Bonchev–Trinajstić information content (AvgIpc) is 2.99. The number of hydrogen-bond donors (Lipinski definition) is 1. The number of halogens is 1. The molecular formula is C15H22ClN3O4S2. The summed E-state index contributed by atoms with van der Waals surface area (Å²) in [6, 6.07) is 2.45. The first-order valence-corrected chi connectivity index (χ1v) is 10.6. The van der Waals surface area contributed by atoms with Crippen molar-refractivity contribution >= 4 is 44.8 Å². The molecule has 25 heavy (non-hydrogen) atoms. The molecule has 0 spiro atoms. The minimum atomic E-state index is -3.59. The zero-order chi connectivity index (χ0) is 18.8. The molecule has 1 atom stereocenters. The fourth-order valence-corrected chi connectivity index (χ4v) is 5.70. The molecule has 1 aliphatic rings. The van der Waals surface area contributed by atoms with Crippen molar-refractivity contribution in [3.8, 4) is 0 Å². The molecule has 1 saturated heterocycles. The molecule has 0 radical (unpaired) electrons. The van der Waals surface area contributed by atoms with Crippen molar-refractivity contribution in [2.45, 2.75) is 31.0 Å². The molecule has 0 saturated carbocycles. The predicted octanol–water partition coefficient (Wildman–Crippen LogP) is 1.40. The van der Waals surface area contributed by atoms with Crippen LogP contribution in [0.4, 0.5) is 0 Å². The Morgan fingerprint density at radius 1 is 1.20 bits per heavy atom. The standard InChI is InChI=1S/C15H22ClN3O4S2/c1-10(2)14(17-11(3)20)15(21)18-6-8-19(9-7-18)25(22,23)13-5-4-12(16)24-13/h4-5,10,14H,6-9H2,1-3H3,(H,17,20)/t14-/m1/s1. The molecule has 1 aromatic rings. The Morgan fingerprint density at radius 3 is 2.24 bits per heavy atom. The molecule has 1 aliphatic heterocycles. The van der Waals surface area contributed by atoms with Crippen LogP contribution in [0.2, 0.25) is 4.34 Å². The van der Waals surface area contributed by atoms with Gasteiger partial charge >= 0.3 is 0 Å². The molecule has 2 heterocycles. The van der Waals surface area contributed by atoms with E-state index in [0.29, 0.717) is 17.4 Å². The zero-order valence-corrected chi connectivity index (χ0v) is 16.7. The van der Waals surface area contributed by atoms with E-state index >= 15 is 0 Å². The first-order valence-electron chi connectivity index (χ1n) is 7.94. The van der Waals surface area contributed by atoms with E-state index in [1.807, 2.05) is 13.8 Å². The van der Waals surface area contributed by atoms with Crippen molar-refractivity contribution in [1.82, 2.24) is 14.5 Å². The lowest BCUT2D eigenvalue weighted by Gasteiger charge is -2.36. The Bertz CT molecular complexity index is 740. The molecule has 0 unspecified atom stereocenters. The van der Waals surface area contributed by atoms with Crippen LogP contribution in [0.5, 0.6) is 0 Å². The summed E-state index contributed by atoms with van der Waals surface area (Å²) in [5.41, 5.74) is 0.